The van der Waals surface area contributed by atoms with E-state index in [1.54, 1.807) is 0 Å². The highest BCUT2D eigenvalue weighted by molar-refractivity contribution is 7.99. The van der Waals surface area contributed by atoms with Crippen LogP contribution >= 0.6 is 11.8 Å². The summed E-state index contributed by atoms with van der Waals surface area (Å²) >= 11 is 1.81. The van der Waals surface area contributed by atoms with Crippen LogP contribution < -0.4 is 0 Å². The molecule has 0 aliphatic rings. The van der Waals surface area contributed by atoms with Crippen LogP contribution in [0.1, 0.15) is 19.5 Å². The van der Waals surface area contributed by atoms with Gasteiger partial charge < -0.3 is 5.11 Å². The molecule has 1 heterocycles. The second-order valence-corrected chi connectivity index (χ2v) is 6.36. The summed E-state index contributed by atoms with van der Waals surface area (Å²) < 4.78 is 0. The Kier molecular flexibility index (Phi) is 5.23. The largest absolute Gasteiger partial charge is 0.392 e. The molecule has 1 atom stereocenters. The minimum absolute atomic E-state index is 0.308. The van der Waals surface area contributed by atoms with Crippen LogP contribution in [-0.4, -0.2) is 27.7 Å². The van der Waals surface area contributed by atoms with Crippen molar-refractivity contribution in [2.24, 2.45) is 5.92 Å². The molecule has 0 bridgehead atoms. The van der Waals surface area contributed by atoms with Crippen molar-refractivity contribution < 1.29 is 5.11 Å². The van der Waals surface area contributed by atoms with Crippen molar-refractivity contribution in [1.82, 2.24) is 4.98 Å². The Balaban J connectivity index is 1.93. The smallest absolute Gasteiger partial charge is 0.0705 e. The predicted molar refractivity (Wildman–Crippen MR) is 83.6 cm³/mol. The molecule has 102 valence electrons. The fourth-order valence-electron chi connectivity index (χ4n) is 1.96. The van der Waals surface area contributed by atoms with Gasteiger partial charge in [-0.25, -0.2) is 0 Å². The quantitative estimate of drug-likeness (QED) is 0.875. The summed E-state index contributed by atoms with van der Waals surface area (Å²) in [6, 6.07) is 12.2. The highest BCUT2D eigenvalue weighted by Gasteiger charge is 2.08. The molecular weight excluding hydrogens is 254 g/mol. The van der Waals surface area contributed by atoms with Gasteiger partial charge in [-0.1, -0.05) is 38.1 Å². The summed E-state index contributed by atoms with van der Waals surface area (Å²) in [7, 11) is 0. The number of hydrogen-bond acceptors (Lipinski definition) is 3. The van der Waals surface area contributed by atoms with Gasteiger partial charge in [0.1, 0.15) is 0 Å². The van der Waals surface area contributed by atoms with E-state index in [0.29, 0.717) is 12.3 Å². The Morgan fingerprint density at radius 2 is 1.89 bits per heavy atom. The van der Waals surface area contributed by atoms with Crippen LogP contribution in [0.25, 0.3) is 10.9 Å². The highest BCUT2D eigenvalue weighted by atomic mass is 32.2. The first-order valence-electron chi connectivity index (χ1n) is 6.75. The number of benzene rings is 1. The molecule has 0 saturated carbocycles. The molecule has 0 saturated heterocycles. The van der Waals surface area contributed by atoms with Crippen LogP contribution in [0.4, 0.5) is 0 Å². The van der Waals surface area contributed by atoms with Crippen molar-refractivity contribution >= 4 is 22.7 Å². The SMILES string of the molecule is CC(C)CSCC(O)Cc1ccc2ccccc2n1. The average molecular weight is 275 g/mol. The van der Waals surface area contributed by atoms with Gasteiger partial charge in [0.05, 0.1) is 11.6 Å². The van der Waals surface area contributed by atoms with E-state index >= 15 is 0 Å². The summed E-state index contributed by atoms with van der Waals surface area (Å²) in [5.41, 5.74) is 1.97. The van der Waals surface area contributed by atoms with Crippen molar-refractivity contribution in [3.8, 4) is 0 Å². The molecular formula is C16H21NOS. The molecule has 2 rings (SSSR count). The van der Waals surface area contributed by atoms with Crippen LogP contribution in [0.3, 0.4) is 0 Å². The normalized spacial score (nSPS) is 13.1. The topological polar surface area (TPSA) is 33.1 Å². The maximum atomic E-state index is 10.0. The molecule has 2 aromatic rings. The summed E-state index contributed by atoms with van der Waals surface area (Å²) in [6.45, 7) is 4.40. The molecule has 0 amide bonds. The molecule has 0 aliphatic carbocycles. The highest BCUT2D eigenvalue weighted by Crippen LogP contribution is 2.15. The molecule has 2 nitrogen and oxygen atoms in total. The standard InChI is InChI=1S/C16H21NOS/c1-12(2)10-19-11-15(18)9-14-8-7-13-5-3-4-6-16(13)17-14/h3-8,12,15,18H,9-11H2,1-2H3. The van der Waals surface area contributed by atoms with E-state index in [4.69, 9.17) is 0 Å². The number of aliphatic hydroxyl groups is 1. The van der Waals surface area contributed by atoms with Gasteiger partial charge in [0.2, 0.25) is 0 Å². The lowest BCUT2D eigenvalue weighted by atomic mass is 10.1. The molecule has 1 aromatic heterocycles. The first kappa shape index (κ1) is 14.4. The van der Waals surface area contributed by atoms with Gasteiger partial charge in [-0.2, -0.15) is 11.8 Å². The Morgan fingerprint density at radius 1 is 1.11 bits per heavy atom. The number of nitrogens with zero attached hydrogens (tertiary/aromatic N) is 1. The summed E-state index contributed by atoms with van der Waals surface area (Å²) in [6.07, 6.45) is 0.327. The third-order valence-corrected chi connectivity index (χ3v) is 4.39. The van der Waals surface area contributed by atoms with Crippen LogP contribution in [0.15, 0.2) is 36.4 Å². The molecule has 3 heteroatoms. The Hall–Kier alpha value is -1.06. The molecule has 0 fully saturated rings. The number of pyridine rings is 1. The lowest BCUT2D eigenvalue weighted by Crippen LogP contribution is -2.15. The zero-order valence-electron chi connectivity index (χ0n) is 11.5. The van der Waals surface area contributed by atoms with Gasteiger partial charge >= 0.3 is 0 Å². The monoisotopic (exact) mass is 275 g/mol. The lowest BCUT2D eigenvalue weighted by molar-refractivity contribution is 0.199. The van der Waals surface area contributed by atoms with Gasteiger partial charge in [0, 0.05) is 23.3 Å². The molecule has 0 spiro atoms. The van der Waals surface area contributed by atoms with Crippen molar-refractivity contribution in [1.29, 1.82) is 0 Å². The number of aliphatic hydroxyl groups excluding tert-OH is 1. The fraction of sp³-hybridized carbons (Fsp3) is 0.438. The lowest BCUT2D eigenvalue weighted by Gasteiger charge is -2.11. The number of hydrogen-bond donors (Lipinski definition) is 1. The van der Waals surface area contributed by atoms with E-state index in [1.165, 1.54) is 0 Å². The minimum Gasteiger partial charge on any atom is -0.392 e. The molecule has 1 unspecified atom stereocenters. The van der Waals surface area contributed by atoms with Crippen LogP contribution in [-0.2, 0) is 6.42 Å². The number of para-hydroxylation sites is 1. The van der Waals surface area contributed by atoms with E-state index in [0.717, 1.165) is 28.1 Å². The van der Waals surface area contributed by atoms with Gasteiger partial charge in [-0.15, -0.1) is 0 Å². The second kappa shape index (κ2) is 6.92. The maximum Gasteiger partial charge on any atom is 0.0705 e. The summed E-state index contributed by atoms with van der Waals surface area (Å²) in [5.74, 6) is 2.56. The van der Waals surface area contributed by atoms with E-state index in [-0.39, 0.29) is 6.10 Å². The van der Waals surface area contributed by atoms with E-state index < -0.39 is 0 Å². The first-order chi connectivity index (χ1) is 9.15. The Labute approximate surface area is 119 Å². The van der Waals surface area contributed by atoms with Crippen molar-refractivity contribution in [2.75, 3.05) is 11.5 Å². The molecule has 0 aliphatic heterocycles. The van der Waals surface area contributed by atoms with Crippen molar-refractivity contribution in [3.63, 3.8) is 0 Å². The minimum atomic E-state index is -0.308. The summed E-state index contributed by atoms with van der Waals surface area (Å²) in [5, 5.41) is 11.2. The van der Waals surface area contributed by atoms with Gasteiger partial charge in [0.25, 0.3) is 0 Å². The van der Waals surface area contributed by atoms with Crippen molar-refractivity contribution in [3.05, 3.63) is 42.1 Å². The number of aromatic nitrogens is 1. The van der Waals surface area contributed by atoms with E-state index in [9.17, 15) is 5.11 Å². The second-order valence-electron chi connectivity index (χ2n) is 5.28. The number of thioether (sulfide) groups is 1. The van der Waals surface area contributed by atoms with E-state index in [1.807, 2.05) is 36.0 Å². The Morgan fingerprint density at radius 3 is 2.68 bits per heavy atom. The van der Waals surface area contributed by atoms with Gasteiger partial charge in [0.15, 0.2) is 0 Å². The van der Waals surface area contributed by atoms with Gasteiger partial charge in [-0.05, 0) is 23.8 Å². The average Bonchev–Trinajstić information content (AvgIpc) is 2.38. The predicted octanol–water partition coefficient (Wildman–Crippen LogP) is 3.53. The molecule has 1 N–H and O–H groups in total. The third kappa shape index (κ3) is 4.51. The van der Waals surface area contributed by atoms with Gasteiger partial charge in [-0.3, -0.25) is 4.98 Å². The molecule has 0 radical (unpaired) electrons. The maximum absolute atomic E-state index is 10.0. The number of rotatable bonds is 6. The summed E-state index contributed by atoms with van der Waals surface area (Å²) in [4.78, 5) is 4.59. The van der Waals surface area contributed by atoms with Crippen LogP contribution in [0.2, 0.25) is 0 Å². The van der Waals surface area contributed by atoms with E-state index in [2.05, 4.69) is 31.0 Å². The Bertz CT molecular complexity index is 527. The van der Waals surface area contributed by atoms with Crippen LogP contribution in [0.5, 0.6) is 0 Å². The zero-order chi connectivity index (χ0) is 13.7. The fourth-order valence-corrected chi connectivity index (χ4v) is 2.96. The zero-order valence-corrected chi connectivity index (χ0v) is 12.4. The van der Waals surface area contributed by atoms with Crippen LogP contribution in [0, 0.1) is 5.92 Å². The molecule has 19 heavy (non-hydrogen) atoms. The first-order valence-corrected chi connectivity index (χ1v) is 7.91. The number of fused-ring (bicyclic) bond motifs is 1. The molecule has 1 aromatic carbocycles. The third-order valence-electron chi connectivity index (χ3n) is 2.86. The van der Waals surface area contributed by atoms with Crippen molar-refractivity contribution in [2.45, 2.75) is 26.4 Å².